The Bertz CT molecular complexity index is 457. The van der Waals surface area contributed by atoms with Crippen LogP contribution in [-0.2, 0) is 9.47 Å². The Morgan fingerprint density at radius 3 is 2.38 bits per heavy atom. The van der Waals surface area contributed by atoms with Crippen LogP contribution in [0.4, 0.5) is 15.3 Å². The molecule has 6 nitrogen and oxygen atoms in total. The first-order chi connectivity index (χ1) is 9.97. The van der Waals surface area contributed by atoms with Gasteiger partial charge in [-0.1, -0.05) is 31.5 Å². The molecule has 0 bridgehead atoms. The van der Waals surface area contributed by atoms with Gasteiger partial charge in [0, 0.05) is 5.69 Å². The van der Waals surface area contributed by atoms with Gasteiger partial charge in [-0.25, -0.2) is 9.59 Å². The highest BCUT2D eigenvalue weighted by Gasteiger charge is 2.05. The van der Waals surface area contributed by atoms with Crippen molar-refractivity contribution in [2.45, 2.75) is 20.8 Å². The number of ether oxygens (including phenoxy) is 2. The molecule has 0 fully saturated rings. The Balaban J connectivity index is 2.13. The van der Waals surface area contributed by atoms with E-state index in [9.17, 15) is 9.59 Å². The summed E-state index contributed by atoms with van der Waals surface area (Å²) in [5, 5.41) is 5.09. The Kier molecular flexibility index (Phi) is 7.08. The van der Waals surface area contributed by atoms with Gasteiger partial charge in [0.05, 0.1) is 13.2 Å². The van der Waals surface area contributed by atoms with Crippen LogP contribution in [-0.4, -0.2) is 31.9 Å². The molecule has 21 heavy (non-hydrogen) atoms. The number of benzene rings is 1. The molecule has 116 valence electrons. The summed E-state index contributed by atoms with van der Waals surface area (Å²) in [5.41, 5.74) is 1.77. The summed E-state index contributed by atoms with van der Waals surface area (Å²) in [6, 6.07) is 7.36. The lowest BCUT2D eigenvalue weighted by Gasteiger charge is -2.09. The summed E-state index contributed by atoms with van der Waals surface area (Å²) in [7, 11) is 0. The van der Waals surface area contributed by atoms with Crippen LogP contribution in [0.5, 0.6) is 0 Å². The van der Waals surface area contributed by atoms with Crippen LogP contribution in [0.1, 0.15) is 19.4 Å². The Labute approximate surface area is 124 Å². The maximum atomic E-state index is 11.5. The predicted molar refractivity (Wildman–Crippen MR) is 80.3 cm³/mol. The molecule has 0 saturated carbocycles. The van der Waals surface area contributed by atoms with Gasteiger partial charge in [0.2, 0.25) is 0 Å². The summed E-state index contributed by atoms with van der Waals surface area (Å²) in [6.45, 7) is 6.51. The summed E-state index contributed by atoms with van der Waals surface area (Å²) in [6.07, 6.45) is -1.07. The summed E-state index contributed by atoms with van der Waals surface area (Å²) < 4.78 is 9.84. The summed E-state index contributed by atoms with van der Waals surface area (Å²) >= 11 is 0. The van der Waals surface area contributed by atoms with E-state index in [1.165, 1.54) is 0 Å². The molecule has 6 heteroatoms. The Morgan fingerprint density at radius 1 is 1.10 bits per heavy atom. The number of rotatable bonds is 6. The quantitative estimate of drug-likeness (QED) is 0.791. The number of hydrogen-bond acceptors (Lipinski definition) is 4. The van der Waals surface area contributed by atoms with Gasteiger partial charge in [0.1, 0.15) is 6.61 Å². The fourth-order valence-corrected chi connectivity index (χ4v) is 1.38. The van der Waals surface area contributed by atoms with Gasteiger partial charge in [-0.3, -0.25) is 5.32 Å². The lowest BCUT2D eigenvalue weighted by Crippen LogP contribution is -2.30. The number of amides is 2. The Hall–Kier alpha value is -2.24. The molecule has 0 saturated heterocycles. The highest BCUT2D eigenvalue weighted by atomic mass is 16.6. The molecule has 0 unspecified atom stereocenters. The molecule has 0 aliphatic heterocycles. The molecule has 0 aromatic heterocycles. The first kappa shape index (κ1) is 16.8. The van der Waals surface area contributed by atoms with Gasteiger partial charge < -0.3 is 14.8 Å². The minimum Gasteiger partial charge on any atom is -0.449 e. The highest BCUT2D eigenvalue weighted by Crippen LogP contribution is 2.08. The molecule has 2 N–H and O–H groups in total. The third-order valence-electron chi connectivity index (χ3n) is 2.45. The average molecular weight is 294 g/mol. The van der Waals surface area contributed by atoms with Crippen LogP contribution in [0.15, 0.2) is 24.3 Å². The van der Waals surface area contributed by atoms with E-state index < -0.39 is 12.2 Å². The third-order valence-corrected chi connectivity index (χ3v) is 2.45. The van der Waals surface area contributed by atoms with Gasteiger partial charge in [0.15, 0.2) is 0 Å². The van der Waals surface area contributed by atoms with Crippen molar-refractivity contribution in [1.29, 1.82) is 0 Å². The molecular formula is C15H22N2O4. The van der Waals surface area contributed by atoms with E-state index in [0.29, 0.717) is 12.3 Å². The molecule has 0 aliphatic rings. The van der Waals surface area contributed by atoms with E-state index in [4.69, 9.17) is 9.47 Å². The molecular weight excluding hydrogens is 272 g/mol. The first-order valence-corrected chi connectivity index (χ1v) is 6.88. The average Bonchev–Trinajstić information content (AvgIpc) is 2.44. The summed E-state index contributed by atoms with van der Waals surface area (Å²) in [5.74, 6) is 0.285. The maximum absolute atomic E-state index is 11.5. The maximum Gasteiger partial charge on any atom is 0.411 e. The van der Waals surface area contributed by atoms with Crippen LogP contribution in [0, 0.1) is 12.8 Å². The zero-order chi connectivity index (χ0) is 15.7. The molecule has 0 heterocycles. The van der Waals surface area contributed by atoms with Crippen molar-refractivity contribution in [2.75, 3.05) is 25.1 Å². The van der Waals surface area contributed by atoms with Gasteiger partial charge in [0.25, 0.3) is 0 Å². The summed E-state index contributed by atoms with van der Waals surface area (Å²) in [4.78, 5) is 22.7. The SMILES string of the molecule is Cc1ccc(NC(=O)OCCNC(=O)OCC(C)C)cc1. The third kappa shape index (κ3) is 7.81. The molecule has 0 radical (unpaired) electrons. The predicted octanol–water partition coefficient (Wildman–Crippen LogP) is 2.93. The molecule has 1 aromatic carbocycles. The van der Waals surface area contributed by atoms with E-state index in [2.05, 4.69) is 10.6 Å². The monoisotopic (exact) mass is 294 g/mol. The van der Waals surface area contributed by atoms with Gasteiger partial charge >= 0.3 is 12.2 Å². The van der Waals surface area contributed by atoms with Crippen molar-refractivity contribution >= 4 is 17.9 Å². The first-order valence-electron chi connectivity index (χ1n) is 6.88. The lowest BCUT2D eigenvalue weighted by molar-refractivity contribution is 0.127. The van der Waals surface area contributed by atoms with Crippen molar-refractivity contribution in [3.05, 3.63) is 29.8 Å². The van der Waals surface area contributed by atoms with Crippen molar-refractivity contribution in [3.63, 3.8) is 0 Å². The van der Waals surface area contributed by atoms with Crippen molar-refractivity contribution < 1.29 is 19.1 Å². The minimum atomic E-state index is -0.559. The molecule has 2 amide bonds. The number of aryl methyl sites for hydroxylation is 1. The lowest BCUT2D eigenvalue weighted by atomic mass is 10.2. The van der Waals surface area contributed by atoms with Crippen LogP contribution in [0.2, 0.25) is 0 Å². The largest absolute Gasteiger partial charge is 0.449 e. The fraction of sp³-hybridized carbons (Fsp3) is 0.467. The van der Waals surface area contributed by atoms with E-state index in [0.717, 1.165) is 5.56 Å². The number of hydrogen-bond donors (Lipinski definition) is 2. The van der Waals surface area contributed by atoms with Gasteiger partial charge in [-0.2, -0.15) is 0 Å². The Morgan fingerprint density at radius 2 is 1.76 bits per heavy atom. The fourth-order valence-electron chi connectivity index (χ4n) is 1.38. The van der Waals surface area contributed by atoms with Crippen LogP contribution in [0.25, 0.3) is 0 Å². The van der Waals surface area contributed by atoms with Crippen molar-refractivity contribution in [1.82, 2.24) is 5.32 Å². The van der Waals surface area contributed by atoms with E-state index in [1.807, 2.05) is 32.9 Å². The van der Waals surface area contributed by atoms with Gasteiger partial charge in [-0.15, -0.1) is 0 Å². The number of nitrogens with one attached hydrogen (secondary N) is 2. The van der Waals surface area contributed by atoms with E-state index in [-0.39, 0.29) is 19.1 Å². The molecule has 0 atom stereocenters. The topological polar surface area (TPSA) is 76.7 Å². The standard InChI is InChI=1S/C15H22N2O4/c1-11(2)10-21-14(18)16-8-9-20-15(19)17-13-6-4-12(3)5-7-13/h4-7,11H,8-10H2,1-3H3,(H,16,18)(H,17,19). The normalized spacial score (nSPS) is 10.1. The second kappa shape index (κ2) is 8.84. The van der Waals surface area contributed by atoms with E-state index >= 15 is 0 Å². The number of carbonyl (C=O) groups is 2. The second-order valence-corrected chi connectivity index (χ2v) is 5.05. The zero-order valence-electron chi connectivity index (χ0n) is 12.6. The number of anilines is 1. The smallest absolute Gasteiger partial charge is 0.411 e. The van der Waals surface area contributed by atoms with Crippen LogP contribution in [0.3, 0.4) is 0 Å². The van der Waals surface area contributed by atoms with Crippen molar-refractivity contribution in [2.24, 2.45) is 5.92 Å². The van der Waals surface area contributed by atoms with Crippen molar-refractivity contribution in [3.8, 4) is 0 Å². The highest BCUT2D eigenvalue weighted by molar-refractivity contribution is 5.84. The molecule has 0 aliphatic carbocycles. The molecule has 1 aromatic rings. The number of alkyl carbamates (subject to hydrolysis) is 1. The second-order valence-electron chi connectivity index (χ2n) is 5.05. The van der Waals surface area contributed by atoms with E-state index in [1.54, 1.807) is 12.1 Å². The van der Waals surface area contributed by atoms with Gasteiger partial charge in [-0.05, 0) is 25.0 Å². The zero-order valence-corrected chi connectivity index (χ0v) is 12.6. The van der Waals surface area contributed by atoms with Crippen LogP contribution >= 0.6 is 0 Å². The molecule has 1 rings (SSSR count). The minimum absolute atomic E-state index is 0.0779. The molecule has 0 spiro atoms. The number of carbonyl (C=O) groups excluding carboxylic acids is 2. The van der Waals surface area contributed by atoms with Crippen LogP contribution < -0.4 is 10.6 Å².